The Kier molecular flexibility index (Phi) is 8.40. The fourth-order valence-electron chi connectivity index (χ4n) is 3.69. The first-order valence-corrected chi connectivity index (χ1v) is 11.5. The molecule has 1 atom stereocenters. The third-order valence-corrected chi connectivity index (χ3v) is 5.73. The van der Waals surface area contributed by atoms with Gasteiger partial charge in [-0.05, 0) is 66.5 Å². The molecule has 0 aliphatic rings. The van der Waals surface area contributed by atoms with Gasteiger partial charge in [0.05, 0.1) is 0 Å². The molecule has 0 amide bonds. The number of hydrogen-bond donors (Lipinski definition) is 0. The number of allylic oxidation sites excluding steroid dienone is 2. The first-order chi connectivity index (χ1) is 14.6. The lowest BCUT2D eigenvalue weighted by Gasteiger charge is -2.09. The predicted molar refractivity (Wildman–Crippen MR) is 132 cm³/mol. The highest BCUT2D eigenvalue weighted by atomic mass is 31.0. The molecule has 0 nitrogen and oxygen atoms in total. The molecule has 0 saturated carbocycles. The topological polar surface area (TPSA) is 0 Å². The van der Waals surface area contributed by atoms with Crippen LogP contribution < -0.4 is 0 Å². The maximum absolute atomic E-state index is 14.9. The van der Waals surface area contributed by atoms with Crippen LogP contribution in [0.1, 0.15) is 50.7 Å². The average molecular weight is 419 g/mol. The van der Waals surface area contributed by atoms with Crippen LogP contribution in [0.5, 0.6) is 0 Å². The van der Waals surface area contributed by atoms with Crippen molar-refractivity contribution in [3.8, 4) is 22.3 Å². The number of unbranched alkanes of at least 4 members (excludes halogenated alkanes) is 2. The summed E-state index contributed by atoms with van der Waals surface area (Å²) in [5.74, 6) is -0.172. The van der Waals surface area contributed by atoms with E-state index >= 15 is 0 Å². The second-order valence-electron chi connectivity index (χ2n) is 8.03. The van der Waals surface area contributed by atoms with Crippen LogP contribution in [0.25, 0.3) is 22.3 Å². The zero-order chi connectivity index (χ0) is 21.3. The summed E-state index contributed by atoms with van der Waals surface area (Å²) in [4.78, 5) is 0. The molecule has 0 spiro atoms. The van der Waals surface area contributed by atoms with Gasteiger partial charge in [0, 0.05) is 5.56 Å². The molecule has 3 aromatic rings. The zero-order valence-electron chi connectivity index (χ0n) is 18.1. The van der Waals surface area contributed by atoms with Crippen LogP contribution in [0.4, 0.5) is 4.39 Å². The fourth-order valence-corrected chi connectivity index (χ4v) is 3.86. The van der Waals surface area contributed by atoms with Gasteiger partial charge >= 0.3 is 0 Å². The molecule has 0 heterocycles. The van der Waals surface area contributed by atoms with Crippen LogP contribution in [0.15, 0.2) is 78.1 Å². The van der Waals surface area contributed by atoms with E-state index in [4.69, 9.17) is 0 Å². The molecule has 0 radical (unpaired) electrons. The molecule has 2 heteroatoms. The normalized spacial score (nSPS) is 11.7. The summed E-state index contributed by atoms with van der Waals surface area (Å²) < 4.78 is 14.9. The van der Waals surface area contributed by atoms with Crippen LogP contribution in [0.2, 0.25) is 0 Å². The van der Waals surface area contributed by atoms with Gasteiger partial charge in [-0.1, -0.05) is 91.8 Å². The van der Waals surface area contributed by atoms with E-state index in [9.17, 15) is 4.39 Å². The summed E-state index contributed by atoms with van der Waals surface area (Å²) in [6, 6.07) is 22.4. The van der Waals surface area contributed by atoms with E-state index in [2.05, 4.69) is 65.6 Å². The Labute approximate surface area is 183 Å². The number of hydrogen-bond acceptors (Lipinski definition) is 0. The first kappa shape index (κ1) is 22.4. The molecule has 0 N–H and O–H groups in total. The maximum Gasteiger partial charge on any atom is 0.131 e. The van der Waals surface area contributed by atoms with Gasteiger partial charge in [-0.3, -0.25) is 0 Å². The van der Waals surface area contributed by atoms with Crippen molar-refractivity contribution in [2.75, 3.05) is 0 Å². The van der Waals surface area contributed by atoms with Crippen LogP contribution in [0.3, 0.4) is 0 Å². The van der Waals surface area contributed by atoms with Crippen molar-refractivity contribution in [2.24, 2.45) is 0 Å². The lowest BCUT2D eigenvalue weighted by atomic mass is 9.97. The molecule has 0 saturated heterocycles. The second-order valence-corrected chi connectivity index (χ2v) is 8.94. The molecule has 0 aliphatic carbocycles. The van der Waals surface area contributed by atoms with Crippen LogP contribution in [0, 0.1) is 5.82 Å². The summed E-state index contributed by atoms with van der Waals surface area (Å²) >= 11 is 0. The fraction of sp³-hybridized carbons (Fsp3) is 0.286. The quantitative estimate of drug-likeness (QED) is 0.241. The van der Waals surface area contributed by atoms with E-state index < -0.39 is 0 Å². The van der Waals surface area contributed by atoms with Gasteiger partial charge in [0.2, 0.25) is 0 Å². The molecule has 3 rings (SSSR count). The van der Waals surface area contributed by atoms with Gasteiger partial charge in [-0.25, -0.2) is 4.39 Å². The molecule has 0 aromatic heterocycles. The number of rotatable bonds is 9. The Morgan fingerprint density at radius 1 is 0.800 bits per heavy atom. The third-order valence-electron chi connectivity index (χ3n) is 5.49. The molecular formula is C28H32FP. The maximum atomic E-state index is 14.9. The van der Waals surface area contributed by atoms with Gasteiger partial charge in [0.1, 0.15) is 5.82 Å². The lowest BCUT2D eigenvalue weighted by Crippen LogP contribution is -1.89. The van der Waals surface area contributed by atoms with Crippen molar-refractivity contribution in [3.05, 3.63) is 95.1 Å². The Hall–Kier alpha value is -2.24. The molecule has 0 aliphatic heterocycles. The van der Waals surface area contributed by atoms with Crippen molar-refractivity contribution < 1.29 is 4.39 Å². The Morgan fingerprint density at radius 3 is 2.00 bits per heavy atom. The van der Waals surface area contributed by atoms with E-state index in [1.165, 1.54) is 35.7 Å². The van der Waals surface area contributed by atoms with Crippen molar-refractivity contribution in [2.45, 2.75) is 52.4 Å². The number of halogens is 1. The van der Waals surface area contributed by atoms with Crippen LogP contribution in [-0.2, 0) is 12.8 Å². The van der Waals surface area contributed by atoms with Crippen molar-refractivity contribution >= 4 is 9.24 Å². The van der Waals surface area contributed by atoms with E-state index in [1.807, 2.05) is 24.3 Å². The summed E-state index contributed by atoms with van der Waals surface area (Å²) in [6.45, 7) is 4.31. The third kappa shape index (κ3) is 6.38. The number of aryl methyl sites for hydroxylation is 2. The Morgan fingerprint density at radius 2 is 1.40 bits per heavy atom. The summed E-state index contributed by atoms with van der Waals surface area (Å²) in [6.07, 6.45) is 9.09. The highest BCUT2D eigenvalue weighted by Gasteiger charge is 2.08. The van der Waals surface area contributed by atoms with E-state index in [0.717, 1.165) is 36.0 Å². The van der Waals surface area contributed by atoms with Gasteiger partial charge in [0.25, 0.3) is 0 Å². The molecular weight excluding hydrogens is 386 g/mol. The molecule has 3 aromatic carbocycles. The Bertz CT molecular complexity index is 965. The Balaban J connectivity index is 1.70. The molecule has 1 unspecified atom stereocenters. The highest BCUT2D eigenvalue weighted by Crippen LogP contribution is 2.29. The SMILES string of the molecule is CCCCCc1ccc(-c2ccc(-c3ccc(CC/C=C(\C)P)cc3)c(F)c2)cc1. The smallest absolute Gasteiger partial charge is 0.131 e. The minimum Gasteiger partial charge on any atom is -0.206 e. The van der Waals surface area contributed by atoms with E-state index in [0.29, 0.717) is 5.56 Å². The first-order valence-electron chi connectivity index (χ1n) is 11.0. The largest absolute Gasteiger partial charge is 0.206 e. The highest BCUT2D eigenvalue weighted by molar-refractivity contribution is 7.22. The van der Waals surface area contributed by atoms with Gasteiger partial charge in [0.15, 0.2) is 0 Å². The zero-order valence-corrected chi connectivity index (χ0v) is 19.3. The molecule has 30 heavy (non-hydrogen) atoms. The summed E-state index contributed by atoms with van der Waals surface area (Å²) in [7, 11) is 2.72. The standard InChI is InChI=1S/C28H32FP/c1-3-4-5-8-22-10-14-24(15-11-22)26-18-19-27(28(29)20-26)25-16-12-23(13-17-25)9-6-7-21(2)30/h7,10-20H,3-6,8-9,30H2,1-2H3/b21-7+. The van der Waals surface area contributed by atoms with Gasteiger partial charge in [-0.2, -0.15) is 0 Å². The predicted octanol–water partition coefficient (Wildman–Crippen LogP) is 8.60. The average Bonchev–Trinajstić information content (AvgIpc) is 2.75. The van der Waals surface area contributed by atoms with Crippen LogP contribution in [-0.4, -0.2) is 0 Å². The minimum atomic E-state index is -0.172. The summed E-state index contributed by atoms with van der Waals surface area (Å²) in [5, 5.41) is 1.26. The van der Waals surface area contributed by atoms with Gasteiger partial charge in [-0.15, -0.1) is 9.24 Å². The van der Waals surface area contributed by atoms with Crippen molar-refractivity contribution in [1.29, 1.82) is 0 Å². The van der Waals surface area contributed by atoms with E-state index in [-0.39, 0.29) is 5.82 Å². The monoisotopic (exact) mass is 418 g/mol. The molecule has 0 bridgehead atoms. The molecule has 0 fully saturated rings. The lowest BCUT2D eigenvalue weighted by molar-refractivity contribution is 0.632. The molecule has 156 valence electrons. The van der Waals surface area contributed by atoms with E-state index in [1.54, 1.807) is 6.07 Å². The number of benzene rings is 3. The summed E-state index contributed by atoms with van der Waals surface area (Å²) in [5.41, 5.74) is 6.19. The minimum absolute atomic E-state index is 0.172. The van der Waals surface area contributed by atoms with Crippen LogP contribution >= 0.6 is 9.24 Å². The van der Waals surface area contributed by atoms with Crippen molar-refractivity contribution in [3.63, 3.8) is 0 Å². The van der Waals surface area contributed by atoms with Gasteiger partial charge < -0.3 is 0 Å². The van der Waals surface area contributed by atoms with Crippen molar-refractivity contribution in [1.82, 2.24) is 0 Å². The second kappa shape index (κ2) is 11.2.